The summed E-state index contributed by atoms with van der Waals surface area (Å²) in [4.78, 5) is 21.7. The molecule has 0 saturated carbocycles. The number of nitro benzene ring substituents is 1. The third-order valence-electron chi connectivity index (χ3n) is 1.93. The van der Waals surface area contributed by atoms with Gasteiger partial charge in [-0.2, -0.15) is 0 Å². The second-order valence-electron chi connectivity index (χ2n) is 3.04. The fourth-order valence-corrected chi connectivity index (χ4v) is 1.77. The van der Waals surface area contributed by atoms with Gasteiger partial charge in [0.15, 0.2) is 0 Å². The summed E-state index contributed by atoms with van der Waals surface area (Å²) in [5, 5.41) is 20.0. The molecule has 8 nitrogen and oxygen atoms in total. The second-order valence-corrected chi connectivity index (χ2v) is 4.18. The lowest BCUT2D eigenvalue weighted by atomic mass is 10.2. The van der Waals surface area contributed by atoms with Gasteiger partial charge in [-0.25, -0.2) is 0 Å². The number of benzene rings is 1. The van der Waals surface area contributed by atoms with E-state index in [1.54, 1.807) is 0 Å². The average Bonchev–Trinajstić information content (AvgIpc) is 2.81. The lowest BCUT2D eigenvalue weighted by molar-refractivity contribution is -0.384. The molecule has 92 valence electrons. The number of non-ortho nitro benzene ring substituents is 1. The quantitative estimate of drug-likeness (QED) is 0.679. The number of rotatable bonds is 3. The number of halogens is 1. The molecule has 1 N–H and O–H groups in total. The van der Waals surface area contributed by atoms with Crippen molar-refractivity contribution in [1.82, 2.24) is 14.8 Å². The molecule has 18 heavy (non-hydrogen) atoms. The van der Waals surface area contributed by atoms with Crippen LogP contribution in [-0.4, -0.2) is 25.6 Å². The van der Waals surface area contributed by atoms with E-state index in [-0.39, 0.29) is 21.4 Å². The highest BCUT2D eigenvalue weighted by atomic mass is 35.5. The lowest BCUT2D eigenvalue weighted by Gasteiger charge is -2.02. The molecule has 1 amide bonds. The van der Waals surface area contributed by atoms with Crippen molar-refractivity contribution in [1.29, 1.82) is 0 Å². The molecule has 0 unspecified atom stereocenters. The third-order valence-corrected chi connectivity index (χ3v) is 2.75. The molecule has 1 heterocycles. The van der Waals surface area contributed by atoms with Gasteiger partial charge >= 0.3 is 0 Å². The Kier molecular flexibility index (Phi) is 3.44. The zero-order valence-corrected chi connectivity index (χ0v) is 10.1. The number of hydrogen-bond acceptors (Lipinski definition) is 7. The summed E-state index contributed by atoms with van der Waals surface area (Å²) in [5.74, 6) is -0.534. The van der Waals surface area contributed by atoms with Gasteiger partial charge < -0.3 is 0 Å². The van der Waals surface area contributed by atoms with Crippen LogP contribution in [-0.2, 0) is 0 Å². The fourth-order valence-electron chi connectivity index (χ4n) is 1.15. The van der Waals surface area contributed by atoms with E-state index in [0.717, 1.165) is 17.6 Å². The maximum Gasteiger partial charge on any atom is 0.270 e. The highest BCUT2D eigenvalue weighted by Crippen LogP contribution is 2.23. The average molecular weight is 286 g/mol. The van der Waals surface area contributed by atoms with Gasteiger partial charge in [-0.1, -0.05) is 21.2 Å². The molecule has 1 aromatic heterocycles. The molecular formula is C8H4ClN5O3S. The van der Waals surface area contributed by atoms with E-state index < -0.39 is 10.8 Å². The summed E-state index contributed by atoms with van der Waals surface area (Å²) >= 11 is 6.70. The normalized spacial score (nSPS) is 10.1. The highest BCUT2D eigenvalue weighted by molar-refractivity contribution is 7.09. The monoisotopic (exact) mass is 285 g/mol. The number of aromatic nitrogens is 3. The van der Waals surface area contributed by atoms with Crippen molar-refractivity contribution in [2.75, 3.05) is 5.32 Å². The van der Waals surface area contributed by atoms with Crippen LogP contribution in [0, 0.1) is 10.1 Å². The van der Waals surface area contributed by atoms with E-state index in [2.05, 4.69) is 20.1 Å². The van der Waals surface area contributed by atoms with Crippen molar-refractivity contribution in [2.24, 2.45) is 0 Å². The van der Waals surface area contributed by atoms with Crippen molar-refractivity contribution >= 4 is 39.9 Å². The molecule has 0 saturated heterocycles. The Bertz CT molecular complexity index is 603. The minimum absolute atomic E-state index is 0.0147. The molecule has 0 aliphatic carbocycles. The van der Waals surface area contributed by atoms with Crippen molar-refractivity contribution in [3.05, 3.63) is 38.9 Å². The molecule has 2 rings (SSSR count). The smallest absolute Gasteiger partial charge is 0.270 e. The van der Waals surface area contributed by atoms with Crippen LogP contribution in [0.3, 0.4) is 0 Å². The van der Waals surface area contributed by atoms with Crippen LogP contribution in [0.2, 0.25) is 5.02 Å². The van der Waals surface area contributed by atoms with Gasteiger partial charge in [-0.3, -0.25) is 20.2 Å². The minimum Gasteiger partial charge on any atom is -0.295 e. The van der Waals surface area contributed by atoms with Crippen LogP contribution in [0.1, 0.15) is 10.4 Å². The van der Waals surface area contributed by atoms with Crippen molar-refractivity contribution < 1.29 is 9.72 Å². The fraction of sp³-hybridized carbons (Fsp3) is 0. The van der Waals surface area contributed by atoms with Crippen LogP contribution in [0.15, 0.2) is 18.2 Å². The molecule has 0 spiro atoms. The number of hydrogen-bond donors (Lipinski definition) is 1. The summed E-state index contributed by atoms with van der Waals surface area (Å²) in [6, 6.07) is 3.57. The Balaban J connectivity index is 2.23. The topological polar surface area (TPSA) is 111 Å². The minimum atomic E-state index is -0.595. The van der Waals surface area contributed by atoms with Crippen molar-refractivity contribution in [3.63, 3.8) is 0 Å². The molecule has 0 atom stereocenters. The first-order valence-electron chi connectivity index (χ1n) is 4.48. The third kappa shape index (κ3) is 2.57. The molecule has 1 aromatic carbocycles. The SMILES string of the molecule is O=C(Nc1nnns1)c1ccc([N+](=O)[O-])cc1Cl. The van der Waals surface area contributed by atoms with Gasteiger partial charge in [-0.05, 0) is 11.3 Å². The zero-order chi connectivity index (χ0) is 13.1. The zero-order valence-electron chi connectivity index (χ0n) is 8.53. The largest absolute Gasteiger partial charge is 0.295 e. The van der Waals surface area contributed by atoms with Gasteiger partial charge in [0, 0.05) is 23.7 Å². The number of nitrogens with one attached hydrogen (secondary N) is 1. The molecular weight excluding hydrogens is 282 g/mol. The Morgan fingerprint density at radius 1 is 1.50 bits per heavy atom. The Morgan fingerprint density at radius 2 is 2.28 bits per heavy atom. The van der Waals surface area contributed by atoms with Crippen molar-refractivity contribution in [2.45, 2.75) is 0 Å². The predicted octanol–water partition coefficient (Wildman–Crippen LogP) is 1.75. The number of carbonyl (C=O) groups excluding carboxylic acids is 1. The van der Waals surface area contributed by atoms with Gasteiger partial charge in [-0.15, -0.1) is 0 Å². The number of carbonyl (C=O) groups is 1. The molecule has 10 heteroatoms. The number of anilines is 1. The van der Waals surface area contributed by atoms with E-state index in [0.29, 0.717) is 0 Å². The number of nitrogens with zero attached hydrogens (tertiary/aromatic N) is 4. The van der Waals surface area contributed by atoms with E-state index >= 15 is 0 Å². The van der Waals surface area contributed by atoms with E-state index in [1.165, 1.54) is 12.1 Å². The molecule has 0 radical (unpaired) electrons. The Hall–Kier alpha value is -2.13. The lowest BCUT2D eigenvalue weighted by Crippen LogP contribution is -2.12. The maximum atomic E-state index is 11.8. The van der Waals surface area contributed by atoms with Gasteiger partial charge in [0.05, 0.1) is 15.5 Å². The van der Waals surface area contributed by atoms with Crippen LogP contribution >= 0.6 is 23.1 Å². The molecule has 0 aliphatic rings. The van der Waals surface area contributed by atoms with Gasteiger partial charge in [0.1, 0.15) is 0 Å². The summed E-state index contributed by atoms with van der Waals surface area (Å²) < 4.78 is 3.47. The van der Waals surface area contributed by atoms with Crippen LogP contribution in [0.25, 0.3) is 0 Å². The van der Waals surface area contributed by atoms with E-state index in [4.69, 9.17) is 11.6 Å². The highest BCUT2D eigenvalue weighted by Gasteiger charge is 2.16. The molecule has 0 aliphatic heterocycles. The number of amides is 1. The second kappa shape index (κ2) is 5.02. The first kappa shape index (κ1) is 12.3. The summed E-state index contributed by atoms with van der Waals surface area (Å²) in [7, 11) is 0. The first-order chi connectivity index (χ1) is 8.58. The summed E-state index contributed by atoms with van der Waals surface area (Å²) in [6.45, 7) is 0. The van der Waals surface area contributed by atoms with Crippen LogP contribution in [0.5, 0.6) is 0 Å². The standard InChI is InChI=1S/C8H4ClN5O3S/c9-6-3-4(14(16)17)1-2-5(6)7(15)10-8-11-12-13-18-8/h1-3H,(H,10,11,13,15). The van der Waals surface area contributed by atoms with Crippen molar-refractivity contribution in [3.8, 4) is 0 Å². The maximum absolute atomic E-state index is 11.8. The number of nitro groups is 1. The Labute approximate surface area is 109 Å². The van der Waals surface area contributed by atoms with E-state index in [1.807, 2.05) is 0 Å². The molecule has 0 fully saturated rings. The molecule has 0 bridgehead atoms. The van der Waals surface area contributed by atoms with E-state index in [9.17, 15) is 14.9 Å². The Morgan fingerprint density at radius 3 is 2.83 bits per heavy atom. The first-order valence-corrected chi connectivity index (χ1v) is 5.63. The molecule has 2 aromatic rings. The van der Waals surface area contributed by atoms with Gasteiger partial charge in [0.25, 0.3) is 11.6 Å². The summed E-state index contributed by atoms with van der Waals surface area (Å²) in [6.07, 6.45) is 0. The van der Waals surface area contributed by atoms with Gasteiger partial charge in [0.2, 0.25) is 5.13 Å². The predicted molar refractivity (Wildman–Crippen MR) is 63.8 cm³/mol. The van der Waals surface area contributed by atoms with Crippen LogP contribution < -0.4 is 5.32 Å². The van der Waals surface area contributed by atoms with Crippen LogP contribution in [0.4, 0.5) is 10.8 Å². The summed E-state index contributed by atoms with van der Waals surface area (Å²) in [5.41, 5.74) is -0.0772.